The van der Waals surface area contributed by atoms with E-state index in [-0.39, 0.29) is 11.5 Å². The molecule has 1 aliphatic heterocycles. The van der Waals surface area contributed by atoms with Crippen molar-refractivity contribution >= 4 is 17.2 Å². The summed E-state index contributed by atoms with van der Waals surface area (Å²) in [4.78, 5) is 18.8. The van der Waals surface area contributed by atoms with Gasteiger partial charge in [0.1, 0.15) is 5.65 Å². The van der Waals surface area contributed by atoms with Gasteiger partial charge in [-0.15, -0.1) is 0 Å². The van der Waals surface area contributed by atoms with Crippen LogP contribution in [0.4, 0.5) is 0 Å². The van der Waals surface area contributed by atoms with E-state index in [1.165, 1.54) is 4.40 Å². The lowest BCUT2D eigenvalue weighted by molar-refractivity contribution is 0.196. The van der Waals surface area contributed by atoms with Crippen molar-refractivity contribution in [1.29, 1.82) is 5.26 Å². The molecule has 0 saturated carbocycles. The molecule has 108 valence electrons. The third-order valence-electron chi connectivity index (χ3n) is 3.83. The number of likely N-dealkylation sites (tertiary alicyclic amines) is 1. The quantitative estimate of drug-likeness (QED) is 0.852. The van der Waals surface area contributed by atoms with Crippen LogP contribution < -0.4 is 5.56 Å². The minimum Gasteiger partial charge on any atom is -0.297 e. The van der Waals surface area contributed by atoms with Crippen molar-refractivity contribution in [1.82, 2.24) is 14.3 Å². The standard InChI is InChI=1S/C15H15ClN4O/c16-12-1-2-14-18-13(7-15(21)20(14)9-12)10-19-5-3-11(8-17)4-6-19/h1-2,7,9,11H,3-6,10H2. The van der Waals surface area contributed by atoms with E-state index in [0.717, 1.165) is 31.6 Å². The molecule has 0 radical (unpaired) electrons. The molecule has 0 unspecified atom stereocenters. The maximum atomic E-state index is 12.1. The number of rotatable bonds is 2. The second kappa shape index (κ2) is 5.84. The Kier molecular flexibility index (Phi) is 3.91. The molecule has 0 spiro atoms. The Hall–Kier alpha value is -1.90. The topological polar surface area (TPSA) is 61.4 Å². The third-order valence-corrected chi connectivity index (χ3v) is 4.06. The van der Waals surface area contributed by atoms with Crippen molar-refractivity contribution in [3.05, 3.63) is 45.5 Å². The molecule has 0 aromatic carbocycles. The fourth-order valence-electron chi connectivity index (χ4n) is 2.66. The maximum Gasteiger partial charge on any atom is 0.258 e. The van der Waals surface area contributed by atoms with Gasteiger partial charge in [-0.05, 0) is 38.1 Å². The van der Waals surface area contributed by atoms with Gasteiger partial charge in [0.15, 0.2) is 0 Å². The van der Waals surface area contributed by atoms with Crippen molar-refractivity contribution in [2.75, 3.05) is 13.1 Å². The second-order valence-corrected chi connectivity index (χ2v) is 5.78. The zero-order valence-electron chi connectivity index (χ0n) is 11.5. The van der Waals surface area contributed by atoms with Crippen LogP contribution in [0.5, 0.6) is 0 Å². The molecule has 3 heterocycles. The monoisotopic (exact) mass is 302 g/mol. The first-order valence-corrected chi connectivity index (χ1v) is 7.33. The number of hydrogen-bond acceptors (Lipinski definition) is 4. The van der Waals surface area contributed by atoms with Gasteiger partial charge in [-0.3, -0.25) is 14.1 Å². The molecule has 2 aromatic heterocycles. The number of nitriles is 1. The average Bonchev–Trinajstić information content (AvgIpc) is 2.49. The largest absolute Gasteiger partial charge is 0.297 e. The summed E-state index contributed by atoms with van der Waals surface area (Å²) in [7, 11) is 0. The number of halogens is 1. The Morgan fingerprint density at radius 3 is 2.86 bits per heavy atom. The molecule has 3 rings (SSSR count). The minimum absolute atomic E-state index is 0.121. The number of hydrogen-bond donors (Lipinski definition) is 0. The Bertz CT molecular complexity index is 756. The lowest BCUT2D eigenvalue weighted by Gasteiger charge is -2.28. The summed E-state index contributed by atoms with van der Waals surface area (Å²) in [6, 6.07) is 7.35. The van der Waals surface area contributed by atoms with E-state index in [9.17, 15) is 4.79 Å². The highest BCUT2D eigenvalue weighted by Gasteiger charge is 2.19. The van der Waals surface area contributed by atoms with Gasteiger partial charge >= 0.3 is 0 Å². The van der Waals surface area contributed by atoms with Crippen LogP contribution in [-0.2, 0) is 6.54 Å². The van der Waals surface area contributed by atoms with Gasteiger partial charge < -0.3 is 0 Å². The highest BCUT2D eigenvalue weighted by atomic mass is 35.5. The van der Waals surface area contributed by atoms with Crippen molar-refractivity contribution < 1.29 is 0 Å². The highest BCUT2D eigenvalue weighted by molar-refractivity contribution is 6.30. The first kappa shape index (κ1) is 14.1. The van der Waals surface area contributed by atoms with E-state index < -0.39 is 0 Å². The minimum atomic E-state index is -0.121. The molecule has 5 nitrogen and oxygen atoms in total. The van der Waals surface area contributed by atoms with Crippen LogP contribution in [-0.4, -0.2) is 27.4 Å². The van der Waals surface area contributed by atoms with Crippen LogP contribution >= 0.6 is 11.6 Å². The lowest BCUT2D eigenvalue weighted by Crippen LogP contribution is -2.33. The van der Waals surface area contributed by atoms with Gasteiger partial charge in [0.25, 0.3) is 5.56 Å². The van der Waals surface area contributed by atoms with E-state index in [4.69, 9.17) is 16.9 Å². The first-order valence-electron chi connectivity index (χ1n) is 6.95. The van der Waals surface area contributed by atoms with Gasteiger partial charge in [0, 0.05) is 24.7 Å². The van der Waals surface area contributed by atoms with E-state index in [2.05, 4.69) is 16.0 Å². The fourth-order valence-corrected chi connectivity index (χ4v) is 2.82. The summed E-state index contributed by atoms with van der Waals surface area (Å²) in [5, 5.41) is 9.42. The molecule has 0 bridgehead atoms. The van der Waals surface area contributed by atoms with E-state index in [1.807, 2.05) is 0 Å². The van der Waals surface area contributed by atoms with Crippen molar-refractivity contribution in [3.8, 4) is 6.07 Å². The fraction of sp³-hybridized carbons (Fsp3) is 0.400. The molecule has 0 atom stereocenters. The molecule has 0 aliphatic carbocycles. The Balaban J connectivity index is 1.81. The molecule has 2 aromatic rings. The third kappa shape index (κ3) is 3.07. The smallest absolute Gasteiger partial charge is 0.258 e. The van der Waals surface area contributed by atoms with E-state index in [0.29, 0.717) is 17.2 Å². The summed E-state index contributed by atoms with van der Waals surface area (Å²) in [6.45, 7) is 2.40. The maximum absolute atomic E-state index is 12.1. The molecule has 1 fully saturated rings. The second-order valence-electron chi connectivity index (χ2n) is 5.34. The van der Waals surface area contributed by atoms with Crippen LogP contribution in [0.25, 0.3) is 5.65 Å². The Labute approximate surface area is 127 Å². The first-order chi connectivity index (χ1) is 10.2. The number of nitrogens with zero attached hydrogens (tertiary/aromatic N) is 4. The predicted molar refractivity (Wildman–Crippen MR) is 80.1 cm³/mol. The zero-order valence-corrected chi connectivity index (χ0v) is 12.3. The van der Waals surface area contributed by atoms with Crippen molar-refractivity contribution in [3.63, 3.8) is 0 Å². The van der Waals surface area contributed by atoms with Gasteiger partial charge in [-0.2, -0.15) is 5.26 Å². The lowest BCUT2D eigenvalue weighted by atomic mass is 9.98. The SMILES string of the molecule is N#CC1CCN(Cc2cc(=O)n3cc(Cl)ccc3n2)CC1. The van der Waals surface area contributed by atoms with Crippen LogP contribution in [0.3, 0.4) is 0 Å². The van der Waals surface area contributed by atoms with Crippen LogP contribution in [0.2, 0.25) is 5.02 Å². The Morgan fingerprint density at radius 1 is 1.38 bits per heavy atom. The van der Waals surface area contributed by atoms with Crippen molar-refractivity contribution in [2.24, 2.45) is 5.92 Å². The molecular formula is C15H15ClN4O. The van der Waals surface area contributed by atoms with E-state index >= 15 is 0 Å². The molecule has 0 amide bonds. The molecule has 1 aliphatic rings. The van der Waals surface area contributed by atoms with Crippen LogP contribution in [0.15, 0.2) is 29.2 Å². The van der Waals surface area contributed by atoms with Crippen molar-refractivity contribution in [2.45, 2.75) is 19.4 Å². The number of piperidine rings is 1. The number of aromatic nitrogens is 2. The average molecular weight is 303 g/mol. The molecule has 0 N–H and O–H groups in total. The van der Waals surface area contributed by atoms with Gasteiger partial charge in [0.2, 0.25) is 0 Å². The predicted octanol–water partition coefficient (Wildman–Crippen LogP) is 2.08. The summed E-state index contributed by atoms with van der Waals surface area (Å²) in [6.07, 6.45) is 3.35. The van der Waals surface area contributed by atoms with Gasteiger partial charge in [-0.1, -0.05) is 11.6 Å². The number of pyridine rings is 1. The molecular weight excluding hydrogens is 288 g/mol. The zero-order chi connectivity index (χ0) is 14.8. The van der Waals surface area contributed by atoms with E-state index in [1.54, 1.807) is 24.4 Å². The summed E-state index contributed by atoms with van der Waals surface area (Å²) in [5.74, 6) is 0.165. The summed E-state index contributed by atoms with van der Waals surface area (Å²) in [5.41, 5.74) is 1.25. The number of fused-ring (bicyclic) bond motifs is 1. The van der Waals surface area contributed by atoms with Gasteiger partial charge in [-0.25, -0.2) is 4.98 Å². The van der Waals surface area contributed by atoms with Crippen LogP contribution in [0.1, 0.15) is 18.5 Å². The molecule has 6 heteroatoms. The summed E-state index contributed by atoms with van der Waals surface area (Å²) < 4.78 is 1.45. The normalized spacial score (nSPS) is 17.0. The van der Waals surface area contributed by atoms with Gasteiger partial charge in [0.05, 0.1) is 16.8 Å². The Morgan fingerprint density at radius 2 is 2.14 bits per heavy atom. The highest BCUT2D eigenvalue weighted by Crippen LogP contribution is 2.17. The summed E-state index contributed by atoms with van der Waals surface area (Å²) >= 11 is 5.89. The molecule has 1 saturated heterocycles. The van der Waals surface area contributed by atoms with Crippen LogP contribution in [0, 0.1) is 17.2 Å². The molecule has 21 heavy (non-hydrogen) atoms.